The maximum atomic E-state index is 12.0. The van der Waals surface area contributed by atoms with E-state index in [-0.39, 0.29) is 28.6 Å². The summed E-state index contributed by atoms with van der Waals surface area (Å²) in [5.41, 5.74) is 2.67. The van der Waals surface area contributed by atoms with E-state index in [1.54, 1.807) is 11.8 Å². The van der Waals surface area contributed by atoms with E-state index in [9.17, 15) is 19.7 Å². The summed E-state index contributed by atoms with van der Waals surface area (Å²) in [5.74, 6) is -0.568. The highest BCUT2D eigenvalue weighted by Gasteiger charge is 2.18. The SMILES string of the molecule is C/C(CC(=O)N1CCCC1)=N\NC(=O)c1ccc([N+](=O)[O-])c(Cl)c1. The Morgan fingerprint density at radius 3 is 2.62 bits per heavy atom. The van der Waals surface area contributed by atoms with Gasteiger partial charge in [0.05, 0.1) is 11.3 Å². The number of hydrogen-bond donors (Lipinski definition) is 1. The van der Waals surface area contributed by atoms with E-state index in [1.165, 1.54) is 12.1 Å². The van der Waals surface area contributed by atoms with Crippen molar-refractivity contribution in [1.82, 2.24) is 10.3 Å². The van der Waals surface area contributed by atoms with Gasteiger partial charge in [0, 0.05) is 30.4 Å². The van der Waals surface area contributed by atoms with Crippen LogP contribution in [0.2, 0.25) is 5.02 Å². The van der Waals surface area contributed by atoms with Crippen LogP contribution >= 0.6 is 11.6 Å². The van der Waals surface area contributed by atoms with Crippen LogP contribution in [0.4, 0.5) is 5.69 Å². The minimum Gasteiger partial charge on any atom is -0.342 e. The second kappa shape index (κ2) is 7.87. The molecule has 1 aliphatic heterocycles. The van der Waals surface area contributed by atoms with Crippen molar-refractivity contribution in [2.75, 3.05) is 13.1 Å². The van der Waals surface area contributed by atoms with Crippen molar-refractivity contribution in [3.05, 3.63) is 38.9 Å². The molecule has 0 aliphatic carbocycles. The van der Waals surface area contributed by atoms with Gasteiger partial charge >= 0.3 is 0 Å². The van der Waals surface area contributed by atoms with Gasteiger partial charge in [0.15, 0.2) is 0 Å². The Bertz CT molecular complexity index is 699. The molecule has 0 saturated carbocycles. The number of rotatable bonds is 5. The lowest BCUT2D eigenvalue weighted by molar-refractivity contribution is -0.384. The third kappa shape index (κ3) is 4.51. The molecule has 0 unspecified atom stereocenters. The van der Waals surface area contributed by atoms with Gasteiger partial charge in [-0.3, -0.25) is 19.7 Å². The van der Waals surface area contributed by atoms with Crippen LogP contribution in [-0.4, -0.2) is 40.4 Å². The van der Waals surface area contributed by atoms with Crippen LogP contribution in [0.25, 0.3) is 0 Å². The first-order valence-electron chi connectivity index (χ1n) is 7.43. The van der Waals surface area contributed by atoms with E-state index in [0.717, 1.165) is 32.0 Å². The van der Waals surface area contributed by atoms with Crippen LogP contribution in [0.5, 0.6) is 0 Å². The number of carbonyl (C=O) groups is 2. The molecule has 0 bridgehead atoms. The maximum Gasteiger partial charge on any atom is 0.287 e. The average molecular weight is 353 g/mol. The molecule has 24 heavy (non-hydrogen) atoms. The van der Waals surface area contributed by atoms with Gasteiger partial charge in [-0.05, 0) is 31.9 Å². The third-order valence-corrected chi connectivity index (χ3v) is 3.92. The molecule has 1 saturated heterocycles. The number of amides is 2. The van der Waals surface area contributed by atoms with E-state index in [2.05, 4.69) is 10.5 Å². The number of nitrogens with one attached hydrogen (secondary N) is 1. The molecule has 8 nitrogen and oxygen atoms in total. The average Bonchev–Trinajstić information content (AvgIpc) is 3.06. The van der Waals surface area contributed by atoms with Crippen molar-refractivity contribution in [3.63, 3.8) is 0 Å². The Morgan fingerprint density at radius 1 is 1.38 bits per heavy atom. The van der Waals surface area contributed by atoms with Crippen molar-refractivity contribution in [1.29, 1.82) is 0 Å². The molecule has 1 aliphatic rings. The quantitative estimate of drug-likeness (QED) is 0.499. The molecule has 1 fully saturated rings. The monoisotopic (exact) mass is 352 g/mol. The molecule has 9 heteroatoms. The number of halogens is 1. The number of carbonyl (C=O) groups excluding carboxylic acids is 2. The second-order valence-corrected chi connectivity index (χ2v) is 5.88. The topological polar surface area (TPSA) is 105 Å². The van der Waals surface area contributed by atoms with Crippen molar-refractivity contribution in [3.8, 4) is 0 Å². The van der Waals surface area contributed by atoms with Crippen LogP contribution < -0.4 is 5.43 Å². The molecule has 2 rings (SSSR count). The highest BCUT2D eigenvalue weighted by molar-refractivity contribution is 6.33. The standard InChI is InChI=1S/C15H17ClN4O4/c1-10(8-14(21)19-6-2-3-7-19)17-18-15(22)11-4-5-13(20(23)24)12(16)9-11/h4-5,9H,2-3,6-8H2,1H3,(H,18,22)/b17-10+. The number of nitro benzene ring substituents is 1. The van der Waals surface area contributed by atoms with Gasteiger partial charge in [-0.2, -0.15) is 5.10 Å². The molecule has 1 aromatic carbocycles. The Morgan fingerprint density at radius 2 is 2.04 bits per heavy atom. The fraction of sp³-hybridized carbons (Fsp3) is 0.400. The van der Waals surface area contributed by atoms with Crippen molar-refractivity contribution >= 4 is 34.8 Å². The van der Waals surface area contributed by atoms with Crippen LogP contribution in [0.3, 0.4) is 0 Å². The molecule has 128 valence electrons. The van der Waals surface area contributed by atoms with Gasteiger partial charge in [-0.1, -0.05) is 11.6 Å². The zero-order chi connectivity index (χ0) is 17.7. The van der Waals surface area contributed by atoms with Gasteiger partial charge in [-0.25, -0.2) is 5.43 Å². The van der Waals surface area contributed by atoms with Crippen molar-refractivity contribution in [2.45, 2.75) is 26.2 Å². The first-order chi connectivity index (χ1) is 11.4. The van der Waals surface area contributed by atoms with Gasteiger partial charge in [0.25, 0.3) is 11.6 Å². The van der Waals surface area contributed by atoms with Crippen LogP contribution in [0.15, 0.2) is 23.3 Å². The number of nitro groups is 1. The predicted octanol–water partition coefficient (Wildman–Crippen LogP) is 2.37. The molecule has 0 radical (unpaired) electrons. The summed E-state index contributed by atoms with van der Waals surface area (Å²) in [5, 5.41) is 14.5. The molecule has 0 atom stereocenters. The lowest BCUT2D eigenvalue weighted by Gasteiger charge is -2.14. The molecule has 1 heterocycles. The van der Waals surface area contributed by atoms with E-state index >= 15 is 0 Å². The lowest BCUT2D eigenvalue weighted by Crippen LogP contribution is -2.29. The summed E-state index contributed by atoms with van der Waals surface area (Å²) in [7, 11) is 0. The Labute approximate surface area is 143 Å². The third-order valence-electron chi connectivity index (χ3n) is 3.62. The normalized spacial score (nSPS) is 14.6. The first-order valence-corrected chi connectivity index (χ1v) is 7.81. The van der Waals surface area contributed by atoms with E-state index in [4.69, 9.17) is 11.6 Å². The predicted molar refractivity (Wildman–Crippen MR) is 89.1 cm³/mol. The molecule has 1 N–H and O–H groups in total. The van der Waals surface area contributed by atoms with E-state index < -0.39 is 10.8 Å². The highest BCUT2D eigenvalue weighted by Crippen LogP contribution is 2.24. The van der Waals surface area contributed by atoms with Gasteiger partial charge < -0.3 is 4.90 Å². The minimum absolute atomic E-state index is 0.0126. The molecule has 0 spiro atoms. The second-order valence-electron chi connectivity index (χ2n) is 5.48. The van der Waals surface area contributed by atoms with Crippen LogP contribution in [0, 0.1) is 10.1 Å². The smallest absolute Gasteiger partial charge is 0.287 e. The summed E-state index contributed by atoms with van der Waals surface area (Å²) >= 11 is 5.77. The fourth-order valence-corrected chi connectivity index (χ4v) is 2.59. The zero-order valence-corrected chi connectivity index (χ0v) is 13.9. The van der Waals surface area contributed by atoms with E-state index in [1.807, 2.05) is 0 Å². The Hall–Kier alpha value is -2.48. The van der Waals surface area contributed by atoms with Crippen molar-refractivity contribution in [2.24, 2.45) is 5.10 Å². The maximum absolute atomic E-state index is 12.0. The highest BCUT2D eigenvalue weighted by atomic mass is 35.5. The Balaban J connectivity index is 1.95. The summed E-state index contributed by atoms with van der Waals surface area (Å²) in [4.78, 5) is 35.8. The zero-order valence-electron chi connectivity index (χ0n) is 13.1. The van der Waals surface area contributed by atoms with Crippen LogP contribution in [0.1, 0.15) is 36.5 Å². The molecular formula is C15H17ClN4O4. The molecular weight excluding hydrogens is 336 g/mol. The fourth-order valence-electron chi connectivity index (χ4n) is 2.34. The molecule has 1 aromatic rings. The number of nitrogens with zero attached hydrogens (tertiary/aromatic N) is 3. The summed E-state index contributed by atoms with van der Waals surface area (Å²) in [6.45, 7) is 3.18. The van der Waals surface area contributed by atoms with Gasteiger partial charge in [0.2, 0.25) is 5.91 Å². The van der Waals surface area contributed by atoms with Crippen molar-refractivity contribution < 1.29 is 14.5 Å². The number of likely N-dealkylation sites (tertiary alicyclic amines) is 1. The molecule has 0 aromatic heterocycles. The largest absolute Gasteiger partial charge is 0.342 e. The number of hydrogen-bond acceptors (Lipinski definition) is 5. The molecule has 2 amide bonds. The van der Waals surface area contributed by atoms with Gasteiger partial charge in [-0.15, -0.1) is 0 Å². The lowest BCUT2D eigenvalue weighted by atomic mass is 10.2. The summed E-state index contributed by atoms with van der Waals surface area (Å²) < 4.78 is 0. The summed E-state index contributed by atoms with van der Waals surface area (Å²) in [6, 6.07) is 3.65. The first kappa shape index (κ1) is 17.9. The Kier molecular flexibility index (Phi) is 5.86. The minimum atomic E-state index is -0.629. The number of benzene rings is 1. The van der Waals surface area contributed by atoms with Gasteiger partial charge in [0.1, 0.15) is 5.02 Å². The summed E-state index contributed by atoms with van der Waals surface area (Å²) in [6.07, 6.45) is 2.17. The van der Waals surface area contributed by atoms with E-state index in [0.29, 0.717) is 5.71 Å². The van der Waals surface area contributed by atoms with Crippen LogP contribution in [-0.2, 0) is 4.79 Å². The number of hydrazone groups is 1.